The molecule has 2 nitrogen and oxygen atoms in total. The Balaban J connectivity index is 2.58. The minimum Gasteiger partial charge on any atom is -0.490 e. The number of hydrogen-bond acceptors (Lipinski definition) is 2. The van der Waals surface area contributed by atoms with Gasteiger partial charge in [0.15, 0.2) is 11.6 Å². The zero-order chi connectivity index (χ0) is 12.0. The van der Waals surface area contributed by atoms with Gasteiger partial charge in [-0.05, 0) is 30.5 Å². The molecule has 1 aromatic carbocycles. The summed E-state index contributed by atoms with van der Waals surface area (Å²) in [5.74, 6) is 0.171. The summed E-state index contributed by atoms with van der Waals surface area (Å²) in [5.41, 5.74) is 0.312. The van der Waals surface area contributed by atoms with Crippen molar-refractivity contribution in [2.24, 2.45) is 5.92 Å². The van der Waals surface area contributed by atoms with Crippen molar-refractivity contribution in [3.63, 3.8) is 0 Å². The van der Waals surface area contributed by atoms with E-state index < -0.39 is 5.82 Å². The minimum absolute atomic E-state index is 0.224. The number of nitrogens with zero attached hydrogens (tertiary/aromatic N) is 1. The van der Waals surface area contributed by atoms with E-state index in [9.17, 15) is 4.39 Å². The number of benzene rings is 1. The smallest absolute Gasteiger partial charge is 0.166 e. The lowest BCUT2D eigenvalue weighted by Gasteiger charge is -2.12. The maximum absolute atomic E-state index is 13.4. The second kappa shape index (κ2) is 6.12. The lowest BCUT2D eigenvalue weighted by atomic mass is 10.1. The molecule has 1 aromatic rings. The quantitative estimate of drug-likeness (QED) is 0.762. The van der Waals surface area contributed by atoms with Crippen LogP contribution in [0.1, 0.15) is 32.3 Å². The van der Waals surface area contributed by atoms with Crippen LogP contribution in [-0.2, 0) is 0 Å². The Kier molecular flexibility index (Phi) is 4.78. The first-order valence-corrected chi connectivity index (χ1v) is 5.49. The molecule has 0 bridgehead atoms. The molecular formula is C13H16FNO. The SMILES string of the molecule is CCCC(C)COc1ccc(C#N)cc1F. The van der Waals surface area contributed by atoms with E-state index in [4.69, 9.17) is 10.00 Å². The first kappa shape index (κ1) is 12.5. The summed E-state index contributed by atoms with van der Waals surface area (Å²) in [6.45, 7) is 4.69. The number of hydrogen-bond donors (Lipinski definition) is 0. The van der Waals surface area contributed by atoms with Crippen molar-refractivity contribution in [2.45, 2.75) is 26.7 Å². The maximum Gasteiger partial charge on any atom is 0.166 e. The van der Waals surface area contributed by atoms with Gasteiger partial charge in [0.05, 0.1) is 18.2 Å². The molecule has 0 saturated heterocycles. The lowest BCUT2D eigenvalue weighted by Crippen LogP contribution is -2.09. The van der Waals surface area contributed by atoms with Crippen LogP contribution < -0.4 is 4.74 Å². The van der Waals surface area contributed by atoms with Crippen molar-refractivity contribution in [1.29, 1.82) is 5.26 Å². The van der Waals surface area contributed by atoms with Gasteiger partial charge in [-0.3, -0.25) is 0 Å². The van der Waals surface area contributed by atoms with Crippen LogP contribution >= 0.6 is 0 Å². The monoisotopic (exact) mass is 221 g/mol. The Labute approximate surface area is 95.7 Å². The van der Waals surface area contributed by atoms with Gasteiger partial charge in [-0.25, -0.2) is 4.39 Å². The predicted octanol–water partition coefficient (Wildman–Crippen LogP) is 3.51. The minimum atomic E-state index is -0.470. The van der Waals surface area contributed by atoms with Crippen LogP contribution in [0.3, 0.4) is 0 Å². The summed E-state index contributed by atoms with van der Waals surface area (Å²) < 4.78 is 18.8. The number of ether oxygens (including phenoxy) is 1. The molecular weight excluding hydrogens is 205 g/mol. The second-order valence-electron chi connectivity index (χ2n) is 3.96. The summed E-state index contributed by atoms with van der Waals surface area (Å²) >= 11 is 0. The van der Waals surface area contributed by atoms with E-state index in [1.165, 1.54) is 12.1 Å². The van der Waals surface area contributed by atoms with E-state index in [1.807, 2.05) is 6.07 Å². The zero-order valence-electron chi connectivity index (χ0n) is 9.66. The van der Waals surface area contributed by atoms with Crippen molar-refractivity contribution in [3.05, 3.63) is 29.6 Å². The maximum atomic E-state index is 13.4. The summed E-state index contributed by atoms with van der Waals surface area (Å²) in [4.78, 5) is 0. The van der Waals surface area contributed by atoms with Crippen LogP contribution in [-0.4, -0.2) is 6.61 Å². The van der Waals surface area contributed by atoms with Crippen LogP contribution in [0.25, 0.3) is 0 Å². The molecule has 16 heavy (non-hydrogen) atoms. The predicted molar refractivity (Wildman–Crippen MR) is 60.7 cm³/mol. The Morgan fingerprint density at radius 2 is 2.25 bits per heavy atom. The van der Waals surface area contributed by atoms with E-state index >= 15 is 0 Å². The lowest BCUT2D eigenvalue weighted by molar-refractivity contribution is 0.241. The Bertz CT molecular complexity index is 384. The van der Waals surface area contributed by atoms with Gasteiger partial charge in [-0.1, -0.05) is 20.3 Å². The third-order valence-corrected chi connectivity index (χ3v) is 2.37. The van der Waals surface area contributed by atoms with Gasteiger partial charge in [0.2, 0.25) is 0 Å². The standard InChI is InChI=1S/C13H16FNO/c1-3-4-10(2)9-16-13-6-5-11(8-15)7-12(13)14/h5-7,10H,3-4,9H2,1-2H3. The molecule has 0 spiro atoms. The largest absolute Gasteiger partial charge is 0.490 e. The Morgan fingerprint density at radius 3 is 2.81 bits per heavy atom. The highest BCUT2D eigenvalue weighted by molar-refractivity contribution is 5.35. The van der Waals surface area contributed by atoms with Crippen LogP contribution in [0.4, 0.5) is 4.39 Å². The van der Waals surface area contributed by atoms with E-state index in [-0.39, 0.29) is 5.75 Å². The molecule has 0 N–H and O–H groups in total. The highest BCUT2D eigenvalue weighted by Crippen LogP contribution is 2.19. The number of rotatable bonds is 5. The van der Waals surface area contributed by atoms with E-state index in [1.54, 1.807) is 6.07 Å². The molecule has 0 aliphatic heterocycles. The molecule has 0 fully saturated rings. The summed E-state index contributed by atoms with van der Waals surface area (Å²) in [6, 6.07) is 6.14. The molecule has 1 rings (SSSR count). The summed E-state index contributed by atoms with van der Waals surface area (Å²) in [7, 11) is 0. The van der Waals surface area contributed by atoms with Crippen LogP contribution in [0.2, 0.25) is 0 Å². The summed E-state index contributed by atoms with van der Waals surface area (Å²) in [5, 5.41) is 8.58. The average Bonchev–Trinajstić information content (AvgIpc) is 2.27. The van der Waals surface area contributed by atoms with Gasteiger partial charge in [0.25, 0.3) is 0 Å². The van der Waals surface area contributed by atoms with Crippen molar-refractivity contribution in [2.75, 3.05) is 6.61 Å². The molecule has 0 radical (unpaired) electrons. The van der Waals surface area contributed by atoms with Crippen molar-refractivity contribution in [1.82, 2.24) is 0 Å². The number of halogens is 1. The topological polar surface area (TPSA) is 33.0 Å². The molecule has 0 aromatic heterocycles. The van der Waals surface area contributed by atoms with Gasteiger partial charge in [-0.2, -0.15) is 5.26 Å². The average molecular weight is 221 g/mol. The molecule has 86 valence electrons. The molecule has 0 saturated carbocycles. The fourth-order valence-corrected chi connectivity index (χ4v) is 1.50. The van der Waals surface area contributed by atoms with Gasteiger partial charge in [0, 0.05) is 0 Å². The fourth-order valence-electron chi connectivity index (χ4n) is 1.50. The third-order valence-electron chi connectivity index (χ3n) is 2.37. The van der Waals surface area contributed by atoms with Crippen LogP contribution in [0, 0.1) is 23.1 Å². The van der Waals surface area contributed by atoms with Crippen LogP contribution in [0.5, 0.6) is 5.75 Å². The first-order chi connectivity index (χ1) is 7.67. The molecule has 0 aliphatic carbocycles. The van der Waals surface area contributed by atoms with Crippen molar-refractivity contribution in [3.8, 4) is 11.8 Å². The molecule has 3 heteroatoms. The fraction of sp³-hybridized carbons (Fsp3) is 0.462. The van der Waals surface area contributed by atoms with Crippen molar-refractivity contribution >= 4 is 0 Å². The molecule has 0 heterocycles. The first-order valence-electron chi connectivity index (χ1n) is 5.49. The molecule has 0 amide bonds. The highest BCUT2D eigenvalue weighted by atomic mass is 19.1. The van der Waals surface area contributed by atoms with Gasteiger partial charge in [-0.15, -0.1) is 0 Å². The van der Waals surface area contributed by atoms with E-state index in [0.29, 0.717) is 18.1 Å². The normalized spacial score (nSPS) is 11.9. The number of nitriles is 1. The van der Waals surface area contributed by atoms with Crippen LogP contribution in [0.15, 0.2) is 18.2 Å². The van der Waals surface area contributed by atoms with E-state index in [2.05, 4.69) is 13.8 Å². The molecule has 0 aliphatic rings. The van der Waals surface area contributed by atoms with Gasteiger partial charge in [0.1, 0.15) is 0 Å². The molecule has 1 unspecified atom stereocenters. The summed E-state index contributed by atoms with van der Waals surface area (Å²) in [6.07, 6.45) is 2.16. The second-order valence-corrected chi connectivity index (χ2v) is 3.96. The van der Waals surface area contributed by atoms with Gasteiger partial charge >= 0.3 is 0 Å². The highest BCUT2D eigenvalue weighted by Gasteiger charge is 2.07. The van der Waals surface area contributed by atoms with Gasteiger partial charge < -0.3 is 4.74 Å². The Hall–Kier alpha value is -1.56. The zero-order valence-corrected chi connectivity index (χ0v) is 9.66. The third kappa shape index (κ3) is 3.54. The Morgan fingerprint density at radius 1 is 1.50 bits per heavy atom. The van der Waals surface area contributed by atoms with E-state index in [0.717, 1.165) is 12.8 Å². The van der Waals surface area contributed by atoms with Crippen molar-refractivity contribution < 1.29 is 9.13 Å². The molecule has 1 atom stereocenters.